The molecule has 2 rings (SSSR count). The van der Waals surface area contributed by atoms with E-state index in [9.17, 15) is 4.79 Å². The highest BCUT2D eigenvalue weighted by Gasteiger charge is 2.18. The summed E-state index contributed by atoms with van der Waals surface area (Å²) < 4.78 is 0. The lowest BCUT2D eigenvalue weighted by Crippen LogP contribution is -2.49. The van der Waals surface area contributed by atoms with E-state index in [4.69, 9.17) is 0 Å². The molecular weight excluding hydrogens is 262 g/mol. The van der Waals surface area contributed by atoms with E-state index in [0.29, 0.717) is 12.0 Å². The van der Waals surface area contributed by atoms with Crippen LogP contribution in [0.2, 0.25) is 0 Å². The average Bonchev–Trinajstić information content (AvgIpc) is 2.47. The number of carbonyl (C=O) groups excluding carboxylic acids is 1. The van der Waals surface area contributed by atoms with Crippen molar-refractivity contribution in [1.82, 2.24) is 15.5 Å². The molecule has 0 aromatic heterocycles. The Balaban J connectivity index is 1.98. The number of amides is 1. The Kier molecular flexibility index (Phi) is 5.76. The molecule has 0 aliphatic carbocycles. The third-order valence-corrected chi connectivity index (χ3v) is 3.88. The van der Waals surface area contributed by atoms with Gasteiger partial charge in [-0.3, -0.25) is 9.69 Å². The molecule has 116 valence electrons. The predicted molar refractivity (Wildman–Crippen MR) is 86.4 cm³/mol. The van der Waals surface area contributed by atoms with Crippen molar-refractivity contribution in [2.24, 2.45) is 5.92 Å². The SMILES string of the molecule is CC(C)CNC(=O)c1cccc(CN2CCNC[C@@H]2C)c1. The Hall–Kier alpha value is -1.39. The Morgan fingerprint density at radius 1 is 1.48 bits per heavy atom. The van der Waals surface area contributed by atoms with E-state index in [-0.39, 0.29) is 5.91 Å². The molecule has 1 saturated heterocycles. The highest BCUT2D eigenvalue weighted by molar-refractivity contribution is 5.94. The minimum absolute atomic E-state index is 0.0268. The van der Waals surface area contributed by atoms with Gasteiger partial charge in [0.2, 0.25) is 0 Å². The molecule has 1 aliphatic rings. The fourth-order valence-electron chi connectivity index (χ4n) is 2.56. The number of rotatable bonds is 5. The van der Waals surface area contributed by atoms with E-state index in [1.807, 2.05) is 18.2 Å². The zero-order valence-corrected chi connectivity index (χ0v) is 13.4. The lowest BCUT2D eigenvalue weighted by Gasteiger charge is -2.33. The third kappa shape index (κ3) is 4.83. The Bertz CT molecular complexity index is 473. The monoisotopic (exact) mass is 289 g/mol. The summed E-state index contributed by atoms with van der Waals surface area (Å²) in [6.45, 7) is 11.2. The first kappa shape index (κ1) is 16.0. The summed E-state index contributed by atoms with van der Waals surface area (Å²) >= 11 is 0. The van der Waals surface area contributed by atoms with Gasteiger partial charge < -0.3 is 10.6 Å². The van der Waals surface area contributed by atoms with Gasteiger partial charge >= 0.3 is 0 Å². The molecule has 4 heteroatoms. The van der Waals surface area contributed by atoms with Crippen LogP contribution < -0.4 is 10.6 Å². The number of piperazine rings is 1. The van der Waals surface area contributed by atoms with Gasteiger partial charge in [0, 0.05) is 44.3 Å². The molecule has 1 heterocycles. The van der Waals surface area contributed by atoms with E-state index in [1.165, 1.54) is 5.56 Å². The van der Waals surface area contributed by atoms with Crippen LogP contribution in [0, 0.1) is 5.92 Å². The molecule has 21 heavy (non-hydrogen) atoms. The van der Waals surface area contributed by atoms with E-state index in [2.05, 4.69) is 42.4 Å². The minimum atomic E-state index is 0.0268. The van der Waals surface area contributed by atoms with Gasteiger partial charge in [-0.1, -0.05) is 26.0 Å². The maximum absolute atomic E-state index is 12.1. The second-order valence-electron chi connectivity index (χ2n) is 6.33. The average molecular weight is 289 g/mol. The normalized spacial score (nSPS) is 19.7. The van der Waals surface area contributed by atoms with E-state index < -0.39 is 0 Å². The van der Waals surface area contributed by atoms with Crippen LogP contribution in [0.5, 0.6) is 0 Å². The summed E-state index contributed by atoms with van der Waals surface area (Å²) in [5.41, 5.74) is 1.97. The van der Waals surface area contributed by atoms with Gasteiger partial charge in [0.05, 0.1) is 0 Å². The van der Waals surface area contributed by atoms with Crippen molar-refractivity contribution in [2.75, 3.05) is 26.2 Å². The van der Waals surface area contributed by atoms with Gasteiger partial charge in [0.15, 0.2) is 0 Å². The number of nitrogens with zero attached hydrogens (tertiary/aromatic N) is 1. The summed E-state index contributed by atoms with van der Waals surface area (Å²) in [6, 6.07) is 8.53. The van der Waals surface area contributed by atoms with Gasteiger partial charge in [-0.15, -0.1) is 0 Å². The molecule has 1 aromatic carbocycles. The van der Waals surface area contributed by atoms with Crippen LogP contribution in [0.4, 0.5) is 0 Å². The summed E-state index contributed by atoms with van der Waals surface area (Å²) in [4.78, 5) is 14.6. The molecule has 0 unspecified atom stereocenters. The second kappa shape index (κ2) is 7.57. The summed E-state index contributed by atoms with van der Waals surface area (Å²) in [5, 5.41) is 6.38. The van der Waals surface area contributed by atoms with Crippen LogP contribution in [0.25, 0.3) is 0 Å². The van der Waals surface area contributed by atoms with Crippen molar-refractivity contribution < 1.29 is 4.79 Å². The van der Waals surface area contributed by atoms with Gasteiger partial charge in [-0.2, -0.15) is 0 Å². The molecule has 0 bridgehead atoms. The maximum atomic E-state index is 12.1. The highest BCUT2D eigenvalue weighted by Crippen LogP contribution is 2.12. The first-order valence-electron chi connectivity index (χ1n) is 7.88. The molecule has 1 amide bonds. The van der Waals surface area contributed by atoms with Crippen molar-refractivity contribution in [3.63, 3.8) is 0 Å². The summed E-state index contributed by atoms with van der Waals surface area (Å²) in [5.74, 6) is 0.498. The molecule has 0 radical (unpaired) electrons. The van der Waals surface area contributed by atoms with Crippen LogP contribution >= 0.6 is 0 Å². The molecule has 1 atom stereocenters. The first-order chi connectivity index (χ1) is 10.1. The Morgan fingerprint density at radius 3 is 3.00 bits per heavy atom. The number of carbonyl (C=O) groups is 1. The first-order valence-corrected chi connectivity index (χ1v) is 7.88. The molecular formula is C17H27N3O. The molecule has 4 nitrogen and oxygen atoms in total. The van der Waals surface area contributed by atoms with E-state index in [0.717, 1.165) is 38.3 Å². The summed E-state index contributed by atoms with van der Waals surface area (Å²) in [7, 11) is 0. The maximum Gasteiger partial charge on any atom is 0.251 e. The lowest BCUT2D eigenvalue weighted by molar-refractivity contribution is 0.0948. The van der Waals surface area contributed by atoms with Crippen molar-refractivity contribution in [1.29, 1.82) is 0 Å². The fourth-order valence-corrected chi connectivity index (χ4v) is 2.56. The number of hydrogen-bond donors (Lipinski definition) is 2. The predicted octanol–water partition coefficient (Wildman–Crippen LogP) is 1.87. The molecule has 0 spiro atoms. The second-order valence-corrected chi connectivity index (χ2v) is 6.33. The standard InChI is InChI=1S/C17H27N3O/c1-13(2)10-19-17(21)16-6-4-5-15(9-16)12-20-8-7-18-11-14(20)3/h4-6,9,13-14,18H,7-8,10-12H2,1-3H3,(H,19,21)/t14-/m0/s1. The van der Waals surface area contributed by atoms with Crippen LogP contribution in [0.3, 0.4) is 0 Å². The zero-order valence-electron chi connectivity index (χ0n) is 13.4. The van der Waals surface area contributed by atoms with Crippen LogP contribution in [-0.2, 0) is 6.54 Å². The smallest absolute Gasteiger partial charge is 0.251 e. The molecule has 1 aliphatic heterocycles. The van der Waals surface area contributed by atoms with Crippen LogP contribution in [0.15, 0.2) is 24.3 Å². The van der Waals surface area contributed by atoms with Gasteiger partial charge in [-0.25, -0.2) is 0 Å². The number of benzene rings is 1. The summed E-state index contributed by atoms with van der Waals surface area (Å²) in [6.07, 6.45) is 0. The molecule has 1 fully saturated rings. The van der Waals surface area contributed by atoms with Gasteiger partial charge in [0.1, 0.15) is 0 Å². The molecule has 0 saturated carbocycles. The minimum Gasteiger partial charge on any atom is -0.352 e. The van der Waals surface area contributed by atoms with Crippen LogP contribution in [0.1, 0.15) is 36.7 Å². The van der Waals surface area contributed by atoms with Crippen molar-refractivity contribution in [2.45, 2.75) is 33.4 Å². The topological polar surface area (TPSA) is 44.4 Å². The lowest BCUT2D eigenvalue weighted by atomic mass is 10.1. The number of hydrogen-bond acceptors (Lipinski definition) is 3. The number of nitrogens with one attached hydrogen (secondary N) is 2. The van der Waals surface area contributed by atoms with E-state index in [1.54, 1.807) is 0 Å². The Labute approximate surface area is 127 Å². The molecule has 1 aromatic rings. The van der Waals surface area contributed by atoms with Crippen molar-refractivity contribution >= 4 is 5.91 Å². The van der Waals surface area contributed by atoms with Crippen LogP contribution in [-0.4, -0.2) is 43.0 Å². The van der Waals surface area contributed by atoms with Gasteiger partial charge in [0.25, 0.3) is 5.91 Å². The molecule has 2 N–H and O–H groups in total. The fraction of sp³-hybridized carbons (Fsp3) is 0.588. The largest absolute Gasteiger partial charge is 0.352 e. The Morgan fingerprint density at radius 2 is 2.29 bits per heavy atom. The van der Waals surface area contributed by atoms with Crippen molar-refractivity contribution in [3.05, 3.63) is 35.4 Å². The third-order valence-electron chi connectivity index (χ3n) is 3.88. The quantitative estimate of drug-likeness (QED) is 0.870. The van der Waals surface area contributed by atoms with Gasteiger partial charge in [-0.05, 0) is 30.5 Å². The highest BCUT2D eigenvalue weighted by atomic mass is 16.1. The van der Waals surface area contributed by atoms with E-state index >= 15 is 0 Å². The van der Waals surface area contributed by atoms with Crippen molar-refractivity contribution in [3.8, 4) is 0 Å². The zero-order chi connectivity index (χ0) is 15.2.